The topological polar surface area (TPSA) is 76.2 Å². The van der Waals surface area contributed by atoms with Crippen LogP contribution >= 0.6 is 11.8 Å². The van der Waals surface area contributed by atoms with E-state index < -0.39 is 5.97 Å². The molecule has 0 amide bonds. The number of nitrogens with zero attached hydrogens (tertiary/aromatic N) is 2. The van der Waals surface area contributed by atoms with Gasteiger partial charge >= 0.3 is 5.97 Å². The molecule has 6 heteroatoms. The van der Waals surface area contributed by atoms with Crippen LogP contribution in [-0.2, 0) is 4.79 Å². The fraction of sp³-hybridized carbons (Fsp3) is 0.625. The largest absolute Gasteiger partial charge is 0.481 e. The third kappa shape index (κ3) is 1.75. The Morgan fingerprint density at radius 2 is 2.36 bits per heavy atom. The van der Waals surface area contributed by atoms with Crippen molar-refractivity contribution < 1.29 is 14.3 Å². The second-order valence-electron chi connectivity index (χ2n) is 3.27. The number of carboxylic acids is 1. The van der Waals surface area contributed by atoms with E-state index in [1.54, 1.807) is 6.92 Å². The second-order valence-corrected chi connectivity index (χ2v) is 4.46. The lowest BCUT2D eigenvalue weighted by atomic mass is 9.85. The minimum Gasteiger partial charge on any atom is -0.481 e. The Morgan fingerprint density at radius 3 is 2.79 bits per heavy atom. The molecule has 2 unspecified atom stereocenters. The Bertz CT molecular complexity index is 352. The highest BCUT2D eigenvalue weighted by molar-refractivity contribution is 7.99. The summed E-state index contributed by atoms with van der Waals surface area (Å²) in [4.78, 5) is 10.7. The molecular weight excluding hydrogens is 204 g/mol. The average Bonchev–Trinajstić information content (AvgIpc) is 2.44. The van der Waals surface area contributed by atoms with Crippen LogP contribution in [0, 0.1) is 12.8 Å². The number of carbonyl (C=O) groups is 1. The first-order chi connectivity index (χ1) is 6.66. The molecule has 1 aliphatic carbocycles. The van der Waals surface area contributed by atoms with E-state index in [1.807, 2.05) is 0 Å². The number of thioether (sulfide) groups is 1. The van der Waals surface area contributed by atoms with Gasteiger partial charge in [0.15, 0.2) is 0 Å². The van der Waals surface area contributed by atoms with E-state index >= 15 is 0 Å². The van der Waals surface area contributed by atoms with E-state index in [2.05, 4.69) is 10.2 Å². The van der Waals surface area contributed by atoms with Gasteiger partial charge in [-0.25, -0.2) is 0 Å². The molecule has 0 saturated heterocycles. The molecule has 0 aromatic carbocycles. The summed E-state index contributed by atoms with van der Waals surface area (Å²) in [6.07, 6.45) is 1.66. The van der Waals surface area contributed by atoms with E-state index in [0.29, 0.717) is 11.1 Å². The monoisotopic (exact) mass is 214 g/mol. The number of aromatic nitrogens is 2. The van der Waals surface area contributed by atoms with Gasteiger partial charge in [0.2, 0.25) is 5.89 Å². The predicted molar refractivity (Wildman–Crippen MR) is 49.0 cm³/mol. The maximum absolute atomic E-state index is 10.7. The van der Waals surface area contributed by atoms with Crippen molar-refractivity contribution in [2.75, 3.05) is 0 Å². The molecule has 0 aliphatic heterocycles. The van der Waals surface area contributed by atoms with Gasteiger partial charge in [-0.05, 0) is 12.8 Å². The van der Waals surface area contributed by atoms with Crippen LogP contribution in [0.2, 0.25) is 0 Å². The number of carboxylic acid groups (broad SMARTS) is 1. The van der Waals surface area contributed by atoms with Crippen molar-refractivity contribution in [3.8, 4) is 0 Å². The van der Waals surface area contributed by atoms with Crippen molar-refractivity contribution in [1.82, 2.24) is 10.2 Å². The minimum absolute atomic E-state index is 0.0901. The molecule has 1 N–H and O–H groups in total. The van der Waals surface area contributed by atoms with Gasteiger partial charge in [0, 0.05) is 12.2 Å². The third-order valence-corrected chi connectivity index (χ3v) is 3.52. The van der Waals surface area contributed by atoms with Gasteiger partial charge in [0.25, 0.3) is 5.22 Å². The van der Waals surface area contributed by atoms with Gasteiger partial charge < -0.3 is 9.52 Å². The highest BCUT2D eigenvalue weighted by atomic mass is 32.2. The molecule has 1 aromatic rings. The van der Waals surface area contributed by atoms with E-state index in [1.165, 1.54) is 11.8 Å². The minimum atomic E-state index is -0.731. The molecule has 5 nitrogen and oxygen atoms in total. The van der Waals surface area contributed by atoms with Crippen LogP contribution in [0.15, 0.2) is 9.64 Å². The van der Waals surface area contributed by atoms with Gasteiger partial charge in [0.1, 0.15) is 0 Å². The van der Waals surface area contributed by atoms with Crippen molar-refractivity contribution in [2.45, 2.75) is 30.2 Å². The average molecular weight is 214 g/mol. The molecule has 1 saturated carbocycles. The lowest BCUT2D eigenvalue weighted by Gasteiger charge is -2.31. The van der Waals surface area contributed by atoms with Crippen LogP contribution in [-0.4, -0.2) is 26.5 Å². The molecule has 1 heterocycles. The lowest BCUT2D eigenvalue weighted by Crippen LogP contribution is -2.35. The summed E-state index contributed by atoms with van der Waals surface area (Å²) >= 11 is 1.37. The van der Waals surface area contributed by atoms with Crippen LogP contribution in [0.1, 0.15) is 18.7 Å². The SMILES string of the molecule is Cc1nnc(SC2CCC2C(=O)O)o1. The van der Waals surface area contributed by atoms with E-state index in [0.717, 1.165) is 12.8 Å². The number of aliphatic carboxylic acids is 1. The molecule has 1 fully saturated rings. The van der Waals surface area contributed by atoms with E-state index in [-0.39, 0.29) is 11.2 Å². The summed E-state index contributed by atoms with van der Waals surface area (Å²) in [5.74, 6) is -0.476. The van der Waals surface area contributed by atoms with Crippen molar-refractivity contribution in [3.05, 3.63) is 5.89 Å². The Morgan fingerprint density at radius 1 is 1.57 bits per heavy atom. The van der Waals surface area contributed by atoms with Crippen molar-refractivity contribution in [2.24, 2.45) is 5.92 Å². The van der Waals surface area contributed by atoms with Gasteiger partial charge in [-0.2, -0.15) is 0 Å². The molecule has 0 bridgehead atoms. The molecule has 0 spiro atoms. The summed E-state index contributed by atoms with van der Waals surface area (Å²) in [6.45, 7) is 1.71. The summed E-state index contributed by atoms with van der Waals surface area (Å²) in [5, 5.41) is 16.9. The first-order valence-corrected chi connectivity index (χ1v) is 5.24. The lowest BCUT2D eigenvalue weighted by molar-refractivity contribution is -0.144. The summed E-state index contributed by atoms with van der Waals surface area (Å²) in [5.41, 5.74) is 0. The molecule has 2 rings (SSSR count). The third-order valence-electron chi connectivity index (χ3n) is 2.29. The fourth-order valence-corrected chi connectivity index (χ4v) is 2.53. The highest BCUT2D eigenvalue weighted by Crippen LogP contribution is 2.40. The highest BCUT2D eigenvalue weighted by Gasteiger charge is 2.38. The second kappa shape index (κ2) is 3.61. The van der Waals surface area contributed by atoms with Crippen molar-refractivity contribution in [1.29, 1.82) is 0 Å². The summed E-state index contributed by atoms with van der Waals surface area (Å²) < 4.78 is 5.17. The van der Waals surface area contributed by atoms with Crippen LogP contribution in [0.25, 0.3) is 0 Å². The molecule has 2 atom stereocenters. The quantitative estimate of drug-likeness (QED) is 0.818. The van der Waals surface area contributed by atoms with E-state index in [9.17, 15) is 4.79 Å². The number of hydrogen-bond donors (Lipinski definition) is 1. The molecule has 0 radical (unpaired) electrons. The molecule has 1 aliphatic rings. The van der Waals surface area contributed by atoms with Crippen LogP contribution < -0.4 is 0 Å². The van der Waals surface area contributed by atoms with Crippen molar-refractivity contribution >= 4 is 17.7 Å². The van der Waals surface area contributed by atoms with Gasteiger partial charge in [-0.1, -0.05) is 11.8 Å². The molecule has 1 aromatic heterocycles. The fourth-order valence-electron chi connectivity index (χ4n) is 1.35. The Hall–Kier alpha value is -1.04. The zero-order valence-corrected chi connectivity index (χ0v) is 8.45. The standard InChI is InChI=1S/C8H10N2O3S/c1-4-9-10-8(13-4)14-6-3-2-5(6)7(11)12/h5-6H,2-3H2,1H3,(H,11,12). The van der Waals surface area contributed by atoms with Crippen LogP contribution in [0.3, 0.4) is 0 Å². The number of hydrogen-bond acceptors (Lipinski definition) is 5. The van der Waals surface area contributed by atoms with Crippen LogP contribution in [0.5, 0.6) is 0 Å². The smallest absolute Gasteiger partial charge is 0.307 e. The van der Waals surface area contributed by atoms with E-state index in [4.69, 9.17) is 9.52 Å². The zero-order valence-electron chi connectivity index (χ0n) is 7.64. The zero-order chi connectivity index (χ0) is 10.1. The number of aryl methyl sites for hydroxylation is 1. The van der Waals surface area contributed by atoms with Crippen LogP contribution in [0.4, 0.5) is 0 Å². The van der Waals surface area contributed by atoms with Crippen molar-refractivity contribution in [3.63, 3.8) is 0 Å². The van der Waals surface area contributed by atoms with Gasteiger partial charge in [0.05, 0.1) is 5.92 Å². The molecular formula is C8H10N2O3S. The Labute approximate surface area is 84.9 Å². The Balaban J connectivity index is 1.95. The maximum Gasteiger partial charge on any atom is 0.307 e. The predicted octanol–water partition coefficient (Wildman–Crippen LogP) is 1.33. The number of rotatable bonds is 3. The Kier molecular flexibility index (Phi) is 2.45. The molecule has 76 valence electrons. The summed E-state index contributed by atoms with van der Waals surface area (Å²) in [7, 11) is 0. The summed E-state index contributed by atoms with van der Waals surface area (Å²) in [6, 6.07) is 0. The first kappa shape index (κ1) is 9.51. The molecule has 14 heavy (non-hydrogen) atoms. The van der Waals surface area contributed by atoms with Gasteiger partial charge in [-0.3, -0.25) is 4.79 Å². The first-order valence-electron chi connectivity index (χ1n) is 4.36. The maximum atomic E-state index is 10.7. The van der Waals surface area contributed by atoms with Gasteiger partial charge in [-0.15, -0.1) is 10.2 Å². The normalized spacial score (nSPS) is 25.8.